The highest BCUT2D eigenvalue weighted by molar-refractivity contribution is 7.92. The molecular weight excluding hydrogens is 306 g/mol. The van der Waals surface area contributed by atoms with Gasteiger partial charge in [-0.1, -0.05) is 0 Å². The third-order valence-corrected chi connectivity index (χ3v) is 3.89. The van der Waals surface area contributed by atoms with Crippen LogP contribution in [-0.4, -0.2) is 25.1 Å². The maximum Gasteiger partial charge on any atom is 0.387 e. The molecule has 0 atom stereocenters. The molecule has 0 radical (unpaired) electrons. The van der Waals surface area contributed by atoms with Crippen molar-refractivity contribution in [3.8, 4) is 5.75 Å². The van der Waals surface area contributed by atoms with Gasteiger partial charge in [0.1, 0.15) is 10.6 Å². The van der Waals surface area contributed by atoms with Crippen molar-refractivity contribution >= 4 is 15.7 Å². The van der Waals surface area contributed by atoms with Gasteiger partial charge >= 0.3 is 6.61 Å². The molecule has 2 aromatic rings. The Hall–Kier alpha value is -2.13. The lowest BCUT2D eigenvalue weighted by atomic mass is 10.3. The Balaban J connectivity index is 2.13. The van der Waals surface area contributed by atoms with Gasteiger partial charge in [0.2, 0.25) is 0 Å². The van der Waals surface area contributed by atoms with E-state index in [1.54, 1.807) is 0 Å². The summed E-state index contributed by atoms with van der Waals surface area (Å²) in [5, 5.41) is 8.89. The highest BCUT2D eigenvalue weighted by atomic mass is 32.2. The summed E-state index contributed by atoms with van der Waals surface area (Å²) in [5.41, 5.74) is 0.555. The molecule has 0 saturated carbocycles. The van der Waals surface area contributed by atoms with Crippen molar-refractivity contribution in [2.45, 2.75) is 18.1 Å². The molecule has 0 aliphatic rings. The second-order valence-corrected chi connectivity index (χ2v) is 5.71. The average molecular weight is 318 g/mol. The SMILES string of the molecule is O=S(=O)(Nc1ccc(OC(F)F)cc1)c1c[nH]c(CO)c1. The number of rotatable bonds is 6. The van der Waals surface area contributed by atoms with Gasteiger partial charge in [-0.15, -0.1) is 0 Å². The summed E-state index contributed by atoms with van der Waals surface area (Å²) in [5.74, 6) is -0.0721. The van der Waals surface area contributed by atoms with Gasteiger partial charge in [0.15, 0.2) is 0 Å². The second-order valence-electron chi connectivity index (χ2n) is 4.03. The summed E-state index contributed by atoms with van der Waals surface area (Å²) < 4.78 is 54.5. The van der Waals surface area contributed by atoms with E-state index in [0.29, 0.717) is 5.69 Å². The van der Waals surface area contributed by atoms with Crippen molar-refractivity contribution in [1.29, 1.82) is 0 Å². The van der Waals surface area contributed by atoms with E-state index in [1.165, 1.54) is 36.5 Å². The molecule has 3 N–H and O–H groups in total. The van der Waals surface area contributed by atoms with Crippen LogP contribution in [0.1, 0.15) is 5.69 Å². The van der Waals surface area contributed by atoms with Crippen LogP contribution in [0.3, 0.4) is 0 Å². The first-order valence-electron chi connectivity index (χ1n) is 5.76. The summed E-state index contributed by atoms with van der Waals surface area (Å²) in [6.45, 7) is -3.25. The number of aliphatic hydroxyl groups is 1. The Kier molecular flexibility index (Phi) is 4.43. The van der Waals surface area contributed by atoms with Crippen molar-refractivity contribution in [2.24, 2.45) is 0 Å². The minimum Gasteiger partial charge on any atom is -0.435 e. The van der Waals surface area contributed by atoms with Crippen LogP contribution in [0.15, 0.2) is 41.4 Å². The topological polar surface area (TPSA) is 91.4 Å². The van der Waals surface area contributed by atoms with Crippen LogP contribution in [0.5, 0.6) is 5.75 Å². The van der Waals surface area contributed by atoms with Gasteiger partial charge in [-0.05, 0) is 30.3 Å². The number of hydrogen-bond donors (Lipinski definition) is 3. The van der Waals surface area contributed by atoms with Gasteiger partial charge in [-0.3, -0.25) is 4.72 Å². The molecule has 0 spiro atoms. The predicted octanol–water partition coefficient (Wildman–Crippen LogP) is 1.91. The number of aromatic amines is 1. The minimum atomic E-state index is -3.82. The molecule has 21 heavy (non-hydrogen) atoms. The van der Waals surface area contributed by atoms with Gasteiger partial charge < -0.3 is 14.8 Å². The number of halogens is 2. The van der Waals surface area contributed by atoms with E-state index in [4.69, 9.17) is 5.11 Å². The quantitative estimate of drug-likeness (QED) is 0.759. The molecule has 0 aliphatic heterocycles. The van der Waals surface area contributed by atoms with E-state index in [9.17, 15) is 17.2 Å². The number of sulfonamides is 1. The monoisotopic (exact) mass is 318 g/mol. The molecule has 1 aromatic carbocycles. The molecule has 0 amide bonds. The van der Waals surface area contributed by atoms with E-state index in [-0.39, 0.29) is 22.9 Å². The highest BCUT2D eigenvalue weighted by Crippen LogP contribution is 2.21. The standard InChI is InChI=1S/C12H12F2N2O4S/c13-12(14)20-10-3-1-8(2-4-10)16-21(18,19)11-5-9(7-17)15-6-11/h1-6,12,15-17H,7H2. The summed E-state index contributed by atoms with van der Waals surface area (Å²) in [6.07, 6.45) is 1.24. The number of H-pyrrole nitrogens is 1. The summed E-state index contributed by atoms with van der Waals surface area (Å²) >= 11 is 0. The zero-order chi connectivity index (χ0) is 15.5. The van der Waals surface area contributed by atoms with E-state index >= 15 is 0 Å². The second kappa shape index (κ2) is 6.10. The number of alkyl halides is 2. The lowest BCUT2D eigenvalue weighted by molar-refractivity contribution is -0.0498. The van der Waals surface area contributed by atoms with Gasteiger partial charge in [-0.25, -0.2) is 8.42 Å². The molecule has 0 unspecified atom stereocenters. The van der Waals surface area contributed by atoms with Gasteiger partial charge in [0.05, 0.1) is 6.61 Å². The maximum absolute atomic E-state index is 12.0. The van der Waals surface area contributed by atoms with Crippen LogP contribution in [0.25, 0.3) is 0 Å². The van der Waals surface area contributed by atoms with Crippen LogP contribution < -0.4 is 9.46 Å². The first kappa shape index (κ1) is 15.3. The molecule has 1 heterocycles. The molecule has 0 fully saturated rings. The molecule has 0 bridgehead atoms. The fourth-order valence-electron chi connectivity index (χ4n) is 1.58. The fourth-order valence-corrected chi connectivity index (χ4v) is 2.66. The highest BCUT2D eigenvalue weighted by Gasteiger charge is 2.16. The third-order valence-electron chi connectivity index (χ3n) is 2.53. The number of benzene rings is 1. The fraction of sp³-hybridized carbons (Fsp3) is 0.167. The molecular formula is C12H12F2N2O4S. The zero-order valence-electron chi connectivity index (χ0n) is 10.6. The summed E-state index contributed by atoms with van der Waals surface area (Å²) in [6, 6.07) is 6.33. The van der Waals surface area contributed by atoms with Crippen molar-refractivity contribution in [3.63, 3.8) is 0 Å². The van der Waals surface area contributed by atoms with Crippen LogP contribution in [0, 0.1) is 0 Å². The van der Waals surface area contributed by atoms with E-state index in [1.807, 2.05) is 0 Å². The number of anilines is 1. The van der Waals surface area contributed by atoms with Crippen molar-refractivity contribution < 1.29 is 27.0 Å². The average Bonchev–Trinajstić information content (AvgIpc) is 2.90. The van der Waals surface area contributed by atoms with Crippen LogP contribution in [0.4, 0.5) is 14.5 Å². The molecule has 2 rings (SSSR count). The largest absolute Gasteiger partial charge is 0.435 e. The van der Waals surface area contributed by atoms with Crippen molar-refractivity contribution in [3.05, 3.63) is 42.2 Å². The lowest BCUT2D eigenvalue weighted by Gasteiger charge is -2.08. The van der Waals surface area contributed by atoms with E-state index < -0.39 is 16.6 Å². The Bertz CT molecular complexity index is 698. The molecule has 6 nitrogen and oxygen atoms in total. The van der Waals surface area contributed by atoms with Gasteiger partial charge in [0.25, 0.3) is 10.0 Å². The molecule has 1 aromatic heterocycles. The number of nitrogens with one attached hydrogen (secondary N) is 2. The Labute approximate surface area is 119 Å². The zero-order valence-corrected chi connectivity index (χ0v) is 11.4. The van der Waals surface area contributed by atoms with Crippen molar-refractivity contribution in [2.75, 3.05) is 4.72 Å². The molecule has 114 valence electrons. The Morgan fingerprint density at radius 3 is 2.48 bits per heavy atom. The Morgan fingerprint density at radius 2 is 1.95 bits per heavy atom. The van der Waals surface area contributed by atoms with Crippen LogP contribution >= 0.6 is 0 Å². The molecule has 0 saturated heterocycles. The molecule has 9 heteroatoms. The summed E-state index contributed by atoms with van der Waals surface area (Å²) in [7, 11) is -3.82. The first-order valence-corrected chi connectivity index (χ1v) is 7.25. The van der Waals surface area contributed by atoms with Crippen molar-refractivity contribution in [1.82, 2.24) is 4.98 Å². The van der Waals surface area contributed by atoms with Crippen LogP contribution in [0.2, 0.25) is 0 Å². The van der Waals surface area contributed by atoms with Gasteiger partial charge in [0, 0.05) is 17.6 Å². The third kappa shape index (κ3) is 3.92. The van der Waals surface area contributed by atoms with Crippen LogP contribution in [-0.2, 0) is 16.6 Å². The normalized spacial score (nSPS) is 11.6. The molecule has 0 aliphatic carbocycles. The number of hydrogen-bond acceptors (Lipinski definition) is 4. The summed E-state index contributed by atoms with van der Waals surface area (Å²) in [4.78, 5) is 2.56. The Morgan fingerprint density at radius 1 is 1.29 bits per heavy atom. The van der Waals surface area contributed by atoms with E-state index in [0.717, 1.165) is 0 Å². The predicted molar refractivity (Wildman–Crippen MR) is 70.6 cm³/mol. The smallest absolute Gasteiger partial charge is 0.387 e. The first-order chi connectivity index (χ1) is 9.90. The number of ether oxygens (including phenoxy) is 1. The maximum atomic E-state index is 12.0. The van der Waals surface area contributed by atoms with E-state index in [2.05, 4.69) is 14.4 Å². The minimum absolute atomic E-state index is 0.0422. The number of aromatic nitrogens is 1. The lowest BCUT2D eigenvalue weighted by Crippen LogP contribution is -2.12. The van der Waals surface area contributed by atoms with Gasteiger partial charge in [-0.2, -0.15) is 8.78 Å². The number of aliphatic hydroxyl groups excluding tert-OH is 1.